The molecular formula is C19H25N3O3. The molecule has 0 saturated carbocycles. The van der Waals surface area contributed by atoms with Crippen molar-refractivity contribution in [2.45, 2.75) is 45.8 Å². The smallest absolute Gasteiger partial charge is 0.410 e. The first kappa shape index (κ1) is 18.8. The van der Waals surface area contributed by atoms with Crippen molar-refractivity contribution in [1.82, 2.24) is 9.80 Å². The van der Waals surface area contributed by atoms with Gasteiger partial charge in [0.2, 0.25) is 0 Å². The van der Waals surface area contributed by atoms with Crippen molar-refractivity contribution in [3.63, 3.8) is 0 Å². The van der Waals surface area contributed by atoms with Gasteiger partial charge in [0.1, 0.15) is 5.60 Å². The van der Waals surface area contributed by atoms with E-state index in [9.17, 15) is 9.59 Å². The van der Waals surface area contributed by atoms with Gasteiger partial charge in [-0.15, -0.1) is 0 Å². The topological polar surface area (TPSA) is 73.6 Å². The highest BCUT2D eigenvalue weighted by atomic mass is 16.6. The van der Waals surface area contributed by atoms with E-state index >= 15 is 0 Å². The summed E-state index contributed by atoms with van der Waals surface area (Å²) in [6, 6.07) is 9.14. The summed E-state index contributed by atoms with van der Waals surface area (Å²) in [5, 5.41) is 8.81. The Kier molecular flexibility index (Phi) is 5.68. The monoisotopic (exact) mass is 343 g/mol. The molecule has 1 saturated heterocycles. The standard InChI is InChI=1S/C19H25N3O3/c1-14-13-21(18(24)25-19(2,3)4)10-11-22(14)17(23)16-7-5-6-15(12-16)8-9-20/h5-7,12,14H,8,10-11,13H2,1-4H3/t14-/m0/s1. The third-order valence-corrected chi connectivity index (χ3v) is 4.00. The minimum Gasteiger partial charge on any atom is -0.444 e. The fourth-order valence-electron chi connectivity index (χ4n) is 2.82. The second-order valence-electron chi connectivity index (χ2n) is 7.31. The van der Waals surface area contributed by atoms with Gasteiger partial charge in [0.25, 0.3) is 5.91 Å². The molecule has 25 heavy (non-hydrogen) atoms. The largest absolute Gasteiger partial charge is 0.444 e. The van der Waals surface area contributed by atoms with Gasteiger partial charge in [-0.1, -0.05) is 12.1 Å². The lowest BCUT2D eigenvalue weighted by molar-refractivity contribution is 0.00617. The van der Waals surface area contributed by atoms with Crippen molar-refractivity contribution in [3.05, 3.63) is 35.4 Å². The minimum atomic E-state index is -0.533. The Morgan fingerprint density at radius 2 is 2.04 bits per heavy atom. The summed E-state index contributed by atoms with van der Waals surface area (Å²) in [5.74, 6) is -0.0730. The number of ether oxygens (including phenoxy) is 1. The molecule has 1 aliphatic heterocycles. The van der Waals surface area contributed by atoms with Gasteiger partial charge in [0.05, 0.1) is 12.5 Å². The van der Waals surface area contributed by atoms with Crippen LogP contribution in [0.1, 0.15) is 43.6 Å². The first-order valence-corrected chi connectivity index (χ1v) is 8.46. The Morgan fingerprint density at radius 1 is 1.32 bits per heavy atom. The van der Waals surface area contributed by atoms with Crippen LogP contribution in [-0.2, 0) is 11.2 Å². The van der Waals surface area contributed by atoms with Crippen LogP contribution in [0.25, 0.3) is 0 Å². The lowest BCUT2D eigenvalue weighted by atomic mass is 10.1. The summed E-state index contributed by atoms with van der Waals surface area (Å²) in [7, 11) is 0. The number of benzene rings is 1. The van der Waals surface area contributed by atoms with Crippen LogP contribution in [0.5, 0.6) is 0 Å². The highest BCUT2D eigenvalue weighted by Gasteiger charge is 2.32. The Labute approximate surface area is 149 Å². The molecule has 0 bridgehead atoms. The van der Waals surface area contributed by atoms with Gasteiger partial charge >= 0.3 is 6.09 Å². The van der Waals surface area contributed by atoms with E-state index in [1.54, 1.807) is 28.0 Å². The highest BCUT2D eigenvalue weighted by Crippen LogP contribution is 2.18. The number of nitriles is 1. The summed E-state index contributed by atoms with van der Waals surface area (Å²) in [5.41, 5.74) is 0.868. The molecule has 0 radical (unpaired) electrons. The van der Waals surface area contributed by atoms with Crippen LogP contribution in [0.3, 0.4) is 0 Å². The quantitative estimate of drug-likeness (QED) is 0.827. The molecule has 0 spiro atoms. The van der Waals surface area contributed by atoms with Gasteiger partial charge in [0, 0.05) is 31.2 Å². The lowest BCUT2D eigenvalue weighted by Crippen LogP contribution is -2.56. The average molecular weight is 343 g/mol. The summed E-state index contributed by atoms with van der Waals surface area (Å²) in [6.45, 7) is 8.78. The van der Waals surface area contributed by atoms with Crippen molar-refractivity contribution >= 4 is 12.0 Å². The fraction of sp³-hybridized carbons (Fsp3) is 0.526. The van der Waals surface area contributed by atoms with Gasteiger partial charge < -0.3 is 14.5 Å². The third-order valence-electron chi connectivity index (χ3n) is 4.00. The van der Waals surface area contributed by atoms with E-state index < -0.39 is 5.60 Å². The summed E-state index contributed by atoms with van der Waals surface area (Å²) >= 11 is 0. The van der Waals surface area contributed by atoms with E-state index in [1.165, 1.54) is 0 Å². The molecule has 1 fully saturated rings. The normalized spacial score (nSPS) is 17.8. The number of hydrogen-bond acceptors (Lipinski definition) is 4. The van der Waals surface area contributed by atoms with Crippen molar-refractivity contribution in [2.75, 3.05) is 19.6 Å². The number of piperazine rings is 1. The lowest BCUT2D eigenvalue weighted by Gasteiger charge is -2.40. The summed E-state index contributed by atoms with van der Waals surface area (Å²) in [6.07, 6.45) is -0.0641. The zero-order valence-corrected chi connectivity index (χ0v) is 15.3. The molecule has 0 N–H and O–H groups in total. The molecule has 1 heterocycles. The maximum Gasteiger partial charge on any atom is 0.410 e. The minimum absolute atomic E-state index is 0.0730. The van der Waals surface area contributed by atoms with E-state index in [2.05, 4.69) is 6.07 Å². The number of nitrogens with zero attached hydrogens (tertiary/aromatic N) is 3. The van der Waals surface area contributed by atoms with Gasteiger partial charge in [-0.25, -0.2) is 4.79 Å². The van der Waals surface area contributed by atoms with Crippen LogP contribution in [0.15, 0.2) is 24.3 Å². The van der Waals surface area contributed by atoms with E-state index in [4.69, 9.17) is 10.00 Å². The number of hydrogen-bond donors (Lipinski definition) is 0. The number of rotatable bonds is 2. The number of carbonyl (C=O) groups is 2. The average Bonchev–Trinajstić information content (AvgIpc) is 2.53. The van der Waals surface area contributed by atoms with E-state index in [0.717, 1.165) is 5.56 Å². The molecule has 2 rings (SSSR count). The molecule has 1 aliphatic rings. The van der Waals surface area contributed by atoms with Crippen molar-refractivity contribution in [1.29, 1.82) is 5.26 Å². The van der Waals surface area contributed by atoms with Crippen molar-refractivity contribution in [2.24, 2.45) is 0 Å². The Morgan fingerprint density at radius 3 is 2.64 bits per heavy atom. The fourth-order valence-corrected chi connectivity index (χ4v) is 2.82. The van der Waals surface area contributed by atoms with Crippen LogP contribution in [0.2, 0.25) is 0 Å². The molecule has 6 heteroatoms. The maximum atomic E-state index is 12.8. The molecular weight excluding hydrogens is 318 g/mol. The third kappa shape index (κ3) is 4.96. The summed E-state index contributed by atoms with van der Waals surface area (Å²) < 4.78 is 5.40. The second-order valence-corrected chi connectivity index (χ2v) is 7.31. The van der Waals surface area contributed by atoms with Gasteiger partial charge in [-0.05, 0) is 45.4 Å². The molecule has 0 aromatic heterocycles. The van der Waals surface area contributed by atoms with Gasteiger partial charge in [-0.2, -0.15) is 5.26 Å². The van der Waals surface area contributed by atoms with Crippen LogP contribution in [0.4, 0.5) is 4.79 Å². The van der Waals surface area contributed by atoms with E-state index in [0.29, 0.717) is 25.2 Å². The highest BCUT2D eigenvalue weighted by molar-refractivity contribution is 5.94. The van der Waals surface area contributed by atoms with Gasteiger partial charge in [0.15, 0.2) is 0 Å². The first-order chi connectivity index (χ1) is 11.7. The zero-order chi connectivity index (χ0) is 18.6. The molecule has 6 nitrogen and oxygen atoms in total. The van der Waals surface area contributed by atoms with Gasteiger partial charge in [-0.3, -0.25) is 4.79 Å². The van der Waals surface area contributed by atoms with Crippen LogP contribution in [-0.4, -0.2) is 53.1 Å². The summed E-state index contributed by atoms with van der Waals surface area (Å²) in [4.78, 5) is 28.4. The molecule has 0 unspecified atom stereocenters. The van der Waals surface area contributed by atoms with Crippen LogP contribution >= 0.6 is 0 Å². The first-order valence-electron chi connectivity index (χ1n) is 8.46. The van der Waals surface area contributed by atoms with Crippen LogP contribution < -0.4 is 0 Å². The number of amides is 2. The predicted molar refractivity (Wildman–Crippen MR) is 94.1 cm³/mol. The molecule has 1 aromatic carbocycles. The SMILES string of the molecule is C[C@H]1CN(C(=O)OC(C)(C)C)CCN1C(=O)c1cccc(CC#N)c1. The van der Waals surface area contributed by atoms with Crippen LogP contribution in [0, 0.1) is 11.3 Å². The maximum absolute atomic E-state index is 12.8. The number of carbonyl (C=O) groups excluding carboxylic acids is 2. The molecule has 2 amide bonds. The van der Waals surface area contributed by atoms with E-state index in [1.807, 2.05) is 33.8 Å². The molecule has 134 valence electrons. The Balaban J connectivity index is 2.03. The Bertz CT molecular complexity index is 688. The molecule has 1 atom stereocenters. The van der Waals surface area contributed by atoms with Crippen molar-refractivity contribution < 1.29 is 14.3 Å². The molecule has 0 aliphatic carbocycles. The van der Waals surface area contributed by atoms with Crippen molar-refractivity contribution in [3.8, 4) is 6.07 Å². The zero-order valence-electron chi connectivity index (χ0n) is 15.3. The van der Waals surface area contributed by atoms with E-state index in [-0.39, 0.29) is 24.5 Å². The molecule has 1 aromatic rings. The Hall–Kier alpha value is -2.55. The predicted octanol–water partition coefficient (Wildman–Crippen LogP) is 2.83. The second kappa shape index (κ2) is 7.56.